The van der Waals surface area contributed by atoms with Crippen LogP contribution in [0.3, 0.4) is 0 Å². The van der Waals surface area contributed by atoms with Gasteiger partial charge in [-0.1, -0.05) is 296 Å². The summed E-state index contributed by atoms with van der Waals surface area (Å²) in [6, 6.07) is 105. The first-order valence-electron chi connectivity index (χ1n) is 45.9. The molecule has 12 aromatic carbocycles. The van der Waals surface area contributed by atoms with E-state index in [0.717, 1.165) is 98.1 Å². The van der Waals surface area contributed by atoms with Crippen molar-refractivity contribution in [2.45, 2.75) is 221 Å². The van der Waals surface area contributed by atoms with Gasteiger partial charge in [-0.3, -0.25) is 4.90 Å². The predicted molar refractivity (Wildman–Crippen MR) is 568 cm³/mol. The molecular weight excluding hydrogens is 1980 g/mol. The van der Waals surface area contributed by atoms with Crippen molar-refractivity contribution in [3.63, 3.8) is 0 Å². The maximum absolute atomic E-state index is 6.19. The summed E-state index contributed by atoms with van der Waals surface area (Å²) in [4.78, 5) is 12.3. The quantitative estimate of drug-likeness (QED) is 0.0467. The zero-order valence-corrected chi connectivity index (χ0v) is 89.0. The molecule has 3 atom stereocenters. The number of allylic oxidation sites excluding steroid dienone is 1. The molecule has 13 heteroatoms. The van der Waals surface area contributed by atoms with Gasteiger partial charge < -0.3 is 14.7 Å². The zero-order chi connectivity index (χ0) is 93.6. The fourth-order valence-corrected chi connectivity index (χ4v) is 24.7. The van der Waals surface area contributed by atoms with Crippen LogP contribution in [-0.4, -0.2) is 49.2 Å². The summed E-state index contributed by atoms with van der Waals surface area (Å²) in [6.45, 7) is 49.9. The van der Waals surface area contributed by atoms with Crippen LogP contribution in [0.25, 0.3) is 11.6 Å². The number of rotatable bonds is 23. The van der Waals surface area contributed by atoms with Gasteiger partial charge in [0.15, 0.2) is 0 Å². The number of aryl methyl sites for hydroxylation is 6. The first-order chi connectivity index (χ1) is 62.3. The van der Waals surface area contributed by atoms with E-state index in [9.17, 15) is 0 Å². The Labute approximate surface area is 825 Å². The van der Waals surface area contributed by atoms with Crippen molar-refractivity contribution in [3.05, 3.63) is 439 Å². The van der Waals surface area contributed by atoms with E-state index in [1.165, 1.54) is 122 Å². The molecule has 16 rings (SSSR count). The number of halogens is 6. The molecule has 0 N–H and O–H groups in total. The Morgan fingerprint density at radius 3 is 0.923 bits per heavy atom. The molecule has 0 bridgehead atoms. The Balaban J connectivity index is 0.000000151. The second-order valence-corrected chi connectivity index (χ2v) is 50.4. The van der Waals surface area contributed by atoms with Gasteiger partial charge >= 0.3 is 268 Å². The van der Waals surface area contributed by atoms with E-state index in [2.05, 4.69) is 455 Å². The first kappa shape index (κ1) is 103. The summed E-state index contributed by atoms with van der Waals surface area (Å²) in [5, 5.41) is 0. The molecule has 0 amide bonds. The van der Waals surface area contributed by atoms with Gasteiger partial charge in [-0.05, 0) is 163 Å². The minimum absolute atomic E-state index is 0.0800. The molecule has 12 aromatic rings. The van der Waals surface area contributed by atoms with E-state index in [0.29, 0.717) is 0 Å². The Hall–Kier alpha value is -7.45. The Kier molecular flexibility index (Phi) is 37.8. The molecule has 0 saturated carbocycles. The molecule has 0 radical (unpaired) electrons. The van der Waals surface area contributed by atoms with Crippen molar-refractivity contribution in [1.29, 1.82) is 0 Å². The van der Waals surface area contributed by atoms with Gasteiger partial charge in [0.1, 0.15) is 0 Å². The fourth-order valence-electron chi connectivity index (χ4n) is 19.6. The number of fused-ring (bicyclic) bond motifs is 1. The minimum atomic E-state index is -1.88. The third-order valence-corrected chi connectivity index (χ3v) is 32.2. The SMILES string of the molecule is C=Cc1ccccc1CN(C)Cc1ccccc1Br.CCc1cccc(CC)c1N1[CH-]C(C)(c2ccccc2)CC1(C)C.CCc1cccc(CC)c1N1[CH-]C(C)(c2ccccc2)CC1(C)C.CCc1cccc(CC)c1N1[CH-]C(C)(c2ccccc2)CC1(C)C.CN(Cc1ccccc1Br)Cc1ccccc1[CH]=[Ru]([Cl])[Cl].[Cl][Ru]([Cl])=[C]1C=C(c2ccccc2)c2ccccc21. The van der Waals surface area contributed by atoms with Crippen LogP contribution in [0.5, 0.6) is 0 Å². The molecule has 3 fully saturated rings. The van der Waals surface area contributed by atoms with Gasteiger partial charge in [-0.2, -0.15) is 0 Å². The third kappa shape index (κ3) is 26.2. The van der Waals surface area contributed by atoms with Crippen molar-refractivity contribution >= 4 is 108 Å². The molecule has 130 heavy (non-hydrogen) atoms. The van der Waals surface area contributed by atoms with Crippen LogP contribution in [0.4, 0.5) is 17.1 Å². The third-order valence-electron chi connectivity index (χ3n) is 25.7. The summed E-state index contributed by atoms with van der Waals surface area (Å²) >= 11 is 3.52. The molecule has 3 aliphatic heterocycles. The van der Waals surface area contributed by atoms with Gasteiger partial charge in [0.25, 0.3) is 0 Å². The molecular formula is C117H134Br2Cl4N5Ru2-3. The summed E-state index contributed by atoms with van der Waals surface area (Å²) in [7, 11) is 28.6. The van der Waals surface area contributed by atoms with Crippen LogP contribution in [-0.2, 0) is 108 Å². The number of para-hydroxylation sites is 3. The number of benzene rings is 12. The van der Waals surface area contributed by atoms with Gasteiger partial charge in [0.2, 0.25) is 0 Å². The van der Waals surface area contributed by atoms with Crippen LogP contribution < -0.4 is 14.7 Å². The normalized spacial score (nSPS) is 18.0. The molecule has 0 spiro atoms. The molecule has 3 heterocycles. The van der Waals surface area contributed by atoms with Crippen molar-refractivity contribution in [2.75, 3.05) is 28.8 Å². The average Bonchev–Trinajstić information content (AvgIpc) is 1.60. The van der Waals surface area contributed by atoms with Crippen LogP contribution >= 0.6 is 70.6 Å². The summed E-state index contributed by atoms with van der Waals surface area (Å²) in [5.74, 6) is 0. The van der Waals surface area contributed by atoms with Gasteiger partial charge in [0.05, 0.1) is 0 Å². The first-order valence-corrected chi connectivity index (χ1v) is 58.3. The molecule has 1 aliphatic carbocycles. The summed E-state index contributed by atoms with van der Waals surface area (Å²) in [6.07, 6.45) is 13.9. The summed E-state index contributed by atoms with van der Waals surface area (Å²) < 4.78 is 5.44. The number of nitrogens with zero attached hydrogens (tertiary/aromatic N) is 5. The second-order valence-electron chi connectivity index (χ2n) is 37.1. The Bertz CT molecular complexity index is 5450. The zero-order valence-electron chi connectivity index (χ0n) is 79.4. The van der Waals surface area contributed by atoms with Crippen LogP contribution in [0, 0.1) is 19.6 Å². The van der Waals surface area contributed by atoms with Crippen LogP contribution in [0.15, 0.2) is 319 Å². The summed E-state index contributed by atoms with van der Waals surface area (Å²) in [5.41, 5.74) is 30.2. The van der Waals surface area contributed by atoms with Crippen molar-refractivity contribution < 1.29 is 27.0 Å². The van der Waals surface area contributed by atoms with Gasteiger partial charge in [0, 0.05) is 51.2 Å². The topological polar surface area (TPSA) is 16.2 Å². The van der Waals surface area contributed by atoms with E-state index < -0.39 is 27.0 Å². The molecule has 0 aromatic heterocycles. The Morgan fingerprint density at radius 1 is 0.338 bits per heavy atom. The van der Waals surface area contributed by atoms with Crippen molar-refractivity contribution in [2.24, 2.45) is 0 Å². The number of hydrogen-bond donors (Lipinski definition) is 0. The van der Waals surface area contributed by atoms with Gasteiger partial charge in [-0.15, -0.1) is 16.2 Å². The monoisotopic (exact) mass is 2110 g/mol. The predicted octanol–water partition coefficient (Wildman–Crippen LogP) is 32.2. The number of hydrogen-bond acceptors (Lipinski definition) is 5. The van der Waals surface area contributed by atoms with E-state index in [4.69, 9.17) is 38.8 Å². The standard InChI is InChI=1S/3C23H30N.C17H18BrN.C16H16BrN.C15H10.4ClH.2Ru/c3*1-6-18-12-11-13-19(7-2)21(18)24-17-23(5,16-22(24,3)4)20-14-9-8-10-15-20;1-3-14-8-4-5-9-15(14)12-19(2)13-16-10-6-7-11-17(16)18;1-13-7-3-4-8-14(13)11-18(2)12-15-9-5-6-10-16(15)17;1-2-6-12(7-3-1)15-11-10-13-8-4-5-9-14(13)15;;;;;;/h3*8-15,17H,6-7,16H2,1-5H3;3-11H,1,12-13H2,2H3;1,3-10H,11-12H2,2H3;1-9,11H;4*1H;;/q3*-1;;;;;;;;2*+2/p-4. The van der Waals surface area contributed by atoms with E-state index in [1.807, 2.05) is 59.2 Å². The van der Waals surface area contributed by atoms with E-state index >= 15 is 0 Å². The second kappa shape index (κ2) is 47.6. The molecule has 688 valence electrons. The molecule has 4 aliphatic rings. The van der Waals surface area contributed by atoms with Crippen LogP contribution in [0.2, 0.25) is 0 Å². The van der Waals surface area contributed by atoms with Gasteiger partial charge in [-0.25, -0.2) is 19.6 Å². The van der Waals surface area contributed by atoms with E-state index in [1.54, 1.807) is 0 Å². The average molecular weight is 2110 g/mol. The molecule has 3 unspecified atom stereocenters. The van der Waals surface area contributed by atoms with Crippen molar-refractivity contribution in [3.8, 4) is 0 Å². The van der Waals surface area contributed by atoms with E-state index in [-0.39, 0.29) is 32.9 Å². The maximum atomic E-state index is 6.19. The van der Waals surface area contributed by atoms with Crippen LogP contribution in [0.1, 0.15) is 223 Å². The fraction of sp³-hybridized carbons (Fsp3) is 0.308. The molecule has 3 saturated heterocycles. The molecule has 5 nitrogen and oxygen atoms in total. The number of anilines is 3. The Morgan fingerprint density at radius 2 is 0.608 bits per heavy atom. The van der Waals surface area contributed by atoms with Crippen molar-refractivity contribution in [1.82, 2.24) is 9.80 Å².